The second-order valence-electron chi connectivity index (χ2n) is 5.18. The number of hydrogen-bond acceptors (Lipinski definition) is 6. The van der Waals surface area contributed by atoms with Crippen molar-refractivity contribution in [3.05, 3.63) is 30.4 Å². The summed E-state index contributed by atoms with van der Waals surface area (Å²) >= 11 is 0. The molecule has 1 N–H and O–H groups in total. The predicted octanol–water partition coefficient (Wildman–Crippen LogP) is 1.36. The Kier molecular flexibility index (Phi) is 4.75. The van der Waals surface area contributed by atoms with Gasteiger partial charge in [-0.3, -0.25) is 9.78 Å². The fraction of sp³-hybridized carbons (Fsp3) is 0.467. The Morgan fingerprint density at radius 1 is 1.41 bits per heavy atom. The highest BCUT2D eigenvalue weighted by molar-refractivity contribution is 5.76. The van der Waals surface area contributed by atoms with Gasteiger partial charge in [0.2, 0.25) is 17.7 Å². The standard InChI is InChI=1S/C15H18N4O3/c20-13(17-10-12-4-2-8-21-12)5-6-14-18-19-15(22-14)11-3-1-7-16-9-11/h1,3,7,9,12H,2,4-6,8,10H2,(H,17,20). The predicted molar refractivity (Wildman–Crippen MR) is 77.8 cm³/mol. The number of aryl methyl sites for hydroxylation is 1. The van der Waals surface area contributed by atoms with Crippen molar-refractivity contribution < 1.29 is 13.9 Å². The van der Waals surface area contributed by atoms with Gasteiger partial charge in [0.15, 0.2) is 0 Å². The minimum Gasteiger partial charge on any atom is -0.421 e. The van der Waals surface area contributed by atoms with Crippen molar-refractivity contribution >= 4 is 5.91 Å². The number of aromatic nitrogens is 3. The lowest BCUT2D eigenvalue weighted by molar-refractivity contribution is -0.121. The summed E-state index contributed by atoms with van der Waals surface area (Å²) < 4.78 is 11.0. The van der Waals surface area contributed by atoms with Crippen molar-refractivity contribution in [3.63, 3.8) is 0 Å². The molecule has 1 aliphatic rings. The molecule has 7 heteroatoms. The summed E-state index contributed by atoms with van der Waals surface area (Å²) in [6.07, 6.45) is 6.32. The summed E-state index contributed by atoms with van der Waals surface area (Å²) in [5.74, 6) is 0.839. The van der Waals surface area contributed by atoms with E-state index >= 15 is 0 Å². The molecule has 1 atom stereocenters. The molecule has 0 saturated carbocycles. The molecule has 3 rings (SSSR count). The van der Waals surface area contributed by atoms with Gasteiger partial charge in [-0.1, -0.05) is 0 Å². The summed E-state index contributed by atoms with van der Waals surface area (Å²) in [7, 11) is 0. The van der Waals surface area contributed by atoms with Gasteiger partial charge in [-0.2, -0.15) is 0 Å². The molecular formula is C15H18N4O3. The number of nitrogens with zero attached hydrogens (tertiary/aromatic N) is 3. The zero-order valence-corrected chi connectivity index (χ0v) is 12.2. The van der Waals surface area contributed by atoms with Crippen LogP contribution in [0.4, 0.5) is 0 Å². The van der Waals surface area contributed by atoms with Gasteiger partial charge in [-0.15, -0.1) is 10.2 Å². The molecule has 3 heterocycles. The van der Waals surface area contributed by atoms with E-state index in [1.165, 1.54) is 0 Å². The summed E-state index contributed by atoms with van der Waals surface area (Å²) in [6, 6.07) is 3.65. The van der Waals surface area contributed by atoms with Crippen molar-refractivity contribution in [2.24, 2.45) is 0 Å². The molecule has 0 radical (unpaired) electrons. The van der Waals surface area contributed by atoms with Gasteiger partial charge in [0, 0.05) is 38.4 Å². The normalized spacial score (nSPS) is 17.5. The van der Waals surface area contributed by atoms with E-state index in [0.717, 1.165) is 25.0 Å². The summed E-state index contributed by atoms with van der Waals surface area (Å²) in [4.78, 5) is 15.8. The first-order chi connectivity index (χ1) is 10.8. The van der Waals surface area contributed by atoms with E-state index in [1.54, 1.807) is 18.5 Å². The lowest BCUT2D eigenvalue weighted by Crippen LogP contribution is -2.31. The molecule has 7 nitrogen and oxygen atoms in total. The summed E-state index contributed by atoms with van der Waals surface area (Å²) in [6.45, 7) is 1.36. The minimum absolute atomic E-state index is 0.0309. The van der Waals surface area contributed by atoms with Crippen LogP contribution in [0.15, 0.2) is 28.9 Å². The van der Waals surface area contributed by atoms with Gasteiger partial charge in [0.1, 0.15) is 0 Å². The van der Waals surface area contributed by atoms with Gasteiger partial charge in [0.05, 0.1) is 11.7 Å². The van der Waals surface area contributed by atoms with Crippen LogP contribution in [0, 0.1) is 0 Å². The molecule has 1 fully saturated rings. The van der Waals surface area contributed by atoms with Gasteiger partial charge < -0.3 is 14.5 Å². The fourth-order valence-electron chi connectivity index (χ4n) is 2.30. The first-order valence-electron chi connectivity index (χ1n) is 7.42. The number of ether oxygens (including phenoxy) is 1. The van der Waals surface area contributed by atoms with Crippen LogP contribution in [0.2, 0.25) is 0 Å². The number of carbonyl (C=O) groups is 1. The Morgan fingerprint density at radius 3 is 3.14 bits per heavy atom. The number of nitrogens with one attached hydrogen (secondary N) is 1. The van der Waals surface area contributed by atoms with Gasteiger partial charge in [0.25, 0.3) is 0 Å². The Morgan fingerprint density at radius 2 is 2.36 bits per heavy atom. The topological polar surface area (TPSA) is 90.1 Å². The van der Waals surface area contributed by atoms with E-state index in [4.69, 9.17) is 9.15 Å². The van der Waals surface area contributed by atoms with Crippen molar-refractivity contribution in [3.8, 4) is 11.5 Å². The van der Waals surface area contributed by atoms with Crippen molar-refractivity contribution in [1.29, 1.82) is 0 Å². The molecule has 0 spiro atoms. The van der Waals surface area contributed by atoms with Gasteiger partial charge in [-0.25, -0.2) is 0 Å². The lowest BCUT2D eigenvalue weighted by atomic mass is 10.2. The van der Waals surface area contributed by atoms with Crippen molar-refractivity contribution in [2.75, 3.05) is 13.2 Å². The Labute approximate surface area is 128 Å². The SMILES string of the molecule is O=C(CCc1nnc(-c2cccnc2)o1)NCC1CCCO1. The van der Waals surface area contributed by atoms with Crippen molar-refractivity contribution in [2.45, 2.75) is 31.8 Å². The van der Waals surface area contributed by atoms with Gasteiger partial charge >= 0.3 is 0 Å². The average molecular weight is 302 g/mol. The van der Waals surface area contributed by atoms with E-state index in [2.05, 4.69) is 20.5 Å². The lowest BCUT2D eigenvalue weighted by Gasteiger charge is -2.10. The maximum absolute atomic E-state index is 11.8. The Balaban J connectivity index is 1.45. The van der Waals surface area contributed by atoms with Crippen LogP contribution in [0.1, 0.15) is 25.2 Å². The van der Waals surface area contributed by atoms with E-state index in [9.17, 15) is 4.79 Å². The first-order valence-corrected chi connectivity index (χ1v) is 7.42. The highest BCUT2D eigenvalue weighted by Gasteiger charge is 2.16. The van der Waals surface area contributed by atoms with E-state index in [0.29, 0.717) is 31.2 Å². The Bertz CT molecular complexity index is 608. The molecule has 1 saturated heterocycles. The van der Waals surface area contributed by atoms with Crippen LogP contribution in [0.25, 0.3) is 11.5 Å². The highest BCUT2D eigenvalue weighted by atomic mass is 16.5. The summed E-state index contributed by atoms with van der Waals surface area (Å²) in [5.41, 5.74) is 0.768. The third-order valence-corrected chi connectivity index (χ3v) is 3.49. The molecule has 1 amide bonds. The largest absolute Gasteiger partial charge is 0.421 e. The summed E-state index contributed by atoms with van der Waals surface area (Å²) in [5, 5.41) is 10.8. The molecule has 2 aromatic heterocycles. The second kappa shape index (κ2) is 7.13. The third-order valence-electron chi connectivity index (χ3n) is 3.49. The van der Waals surface area contributed by atoms with E-state index < -0.39 is 0 Å². The van der Waals surface area contributed by atoms with Gasteiger partial charge in [-0.05, 0) is 25.0 Å². The molecular weight excluding hydrogens is 284 g/mol. The number of hydrogen-bond donors (Lipinski definition) is 1. The zero-order valence-electron chi connectivity index (χ0n) is 12.2. The molecule has 22 heavy (non-hydrogen) atoms. The fourth-order valence-corrected chi connectivity index (χ4v) is 2.30. The maximum atomic E-state index is 11.8. The number of carbonyl (C=O) groups excluding carboxylic acids is 1. The second-order valence-corrected chi connectivity index (χ2v) is 5.18. The molecule has 1 unspecified atom stereocenters. The monoisotopic (exact) mass is 302 g/mol. The minimum atomic E-state index is -0.0309. The van der Waals surface area contributed by atoms with Crippen LogP contribution in [-0.2, 0) is 16.0 Å². The molecule has 0 aromatic carbocycles. The van der Waals surface area contributed by atoms with Crippen LogP contribution >= 0.6 is 0 Å². The van der Waals surface area contributed by atoms with E-state index in [-0.39, 0.29) is 12.0 Å². The molecule has 0 bridgehead atoms. The molecule has 1 aliphatic heterocycles. The maximum Gasteiger partial charge on any atom is 0.249 e. The first kappa shape index (κ1) is 14.6. The zero-order chi connectivity index (χ0) is 15.2. The smallest absolute Gasteiger partial charge is 0.249 e. The van der Waals surface area contributed by atoms with Crippen LogP contribution < -0.4 is 5.32 Å². The average Bonchev–Trinajstić information content (AvgIpc) is 3.23. The number of amides is 1. The number of pyridine rings is 1. The van der Waals surface area contributed by atoms with E-state index in [1.807, 2.05) is 6.07 Å². The third kappa shape index (κ3) is 3.88. The quantitative estimate of drug-likeness (QED) is 0.866. The van der Waals surface area contributed by atoms with Crippen LogP contribution in [0.5, 0.6) is 0 Å². The van der Waals surface area contributed by atoms with Crippen LogP contribution in [0.3, 0.4) is 0 Å². The van der Waals surface area contributed by atoms with Crippen LogP contribution in [-0.4, -0.2) is 40.3 Å². The highest BCUT2D eigenvalue weighted by Crippen LogP contribution is 2.16. The Hall–Kier alpha value is -2.28. The number of rotatable bonds is 6. The van der Waals surface area contributed by atoms with Crippen molar-refractivity contribution in [1.82, 2.24) is 20.5 Å². The molecule has 0 aliphatic carbocycles. The molecule has 2 aromatic rings. The molecule has 116 valence electrons.